The summed E-state index contributed by atoms with van der Waals surface area (Å²) in [5.41, 5.74) is 1.70. The summed E-state index contributed by atoms with van der Waals surface area (Å²) < 4.78 is 28.7. The molecular formula is C23H29Br2NO3S. The van der Waals surface area contributed by atoms with Gasteiger partial charge in [0.15, 0.2) is 0 Å². The first-order valence-electron chi connectivity index (χ1n) is 10.9. The molecule has 0 aromatic heterocycles. The Morgan fingerprint density at radius 2 is 1.77 bits per heavy atom. The predicted molar refractivity (Wildman–Crippen MR) is 126 cm³/mol. The lowest BCUT2D eigenvalue weighted by Gasteiger charge is -2.43. The Bertz CT molecular complexity index is 999. The van der Waals surface area contributed by atoms with Crippen LogP contribution in [0.3, 0.4) is 0 Å². The fourth-order valence-electron chi connectivity index (χ4n) is 7.00. The number of fused-ring (bicyclic) bond motifs is 4. The number of hydrogen-bond acceptors (Lipinski definition) is 3. The van der Waals surface area contributed by atoms with Gasteiger partial charge in [-0.3, -0.25) is 4.79 Å². The van der Waals surface area contributed by atoms with Crippen molar-refractivity contribution in [2.24, 2.45) is 16.7 Å². The van der Waals surface area contributed by atoms with E-state index in [9.17, 15) is 13.2 Å². The molecule has 4 nitrogen and oxygen atoms in total. The first kappa shape index (κ1) is 21.6. The van der Waals surface area contributed by atoms with Crippen LogP contribution in [0.25, 0.3) is 0 Å². The highest BCUT2D eigenvalue weighted by atomic mass is 79.9. The third kappa shape index (κ3) is 2.70. The van der Waals surface area contributed by atoms with Crippen molar-refractivity contribution in [3.8, 4) is 0 Å². The number of hydrogen-bond donors (Lipinski definition) is 0. The summed E-state index contributed by atoms with van der Waals surface area (Å²) in [6, 6.07) is 8.52. The summed E-state index contributed by atoms with van der Waals surface area (Å²) in [5.74, 6) is 0.503. The van der Waals surface area contributed by atoms with E-state index >= 15 is 0 Å². The van der Waals surface area contributed by atoms with Crippen LogP contribution in [0.2, 0.25) is 0 Å². The van der Waals surface area contributed by atoms with Crippen molar-refractivity contribution in [2.45, 2.75) is 61.0 Å². The average molecular weight is 559 g/mol. The van der Waals surface area contributed by atoms with Crippen molar-refractivity contribution < 1.29 is 13.2 Å². The maximum Gasteiger partial charge on any atom is 0.215 e. The van der Waals surface area contributed by atoms with Crippen molar-refractivity contribution in [2.75, 3.05) is 18.8 Å². The molecule has 4 aliphatic rings. The summed E-state index contributed by atoms with van der Waals surface area (Å²) in [7, 11) is -3.48. The summed E-state index contributed by atoms with van der Waals surface area (Å²) in [6.45, 7) is 5.26. The van der Waals surface area contributed by atoms with E-state index in [1.807, 2.05) is 0 Å². The first-order chi connectivity index (χ1) is 14.1. The quantitative estimate of drug-likeness (QED) is 0.493. The van der Waals surface area contributed by atoms with Gasteiger partial charge in [-0.1, -0.05) is 70.0 Å². The fourth-order valence-corrected chi connectivity index (χ4v) is 11.1. The van der Waals surface area contributed by atoms with Gasteiger partial charge in [-0.05, 0) is 48.1 Å². The number of benzene rings is 1. The minimum absolute atomic E-state index is 0.00920. The maximum absolute atomic E-state index is 13.5. The number of ketones is 1. The SMILES string of the molecule is CC1(C)[C@@H]2CC[C@@]1(CS(=O)(=O)N1CCC3(CC1)c1ccccc1C(Br)C3Br)C(=O)C2. The van der Waals surface area contributed by atoms with Gasteiger partial charge in [-0.2, -0.15) is 0 Å². The van der Waals surface area contributed by atoms with Crippen LogP contribution < -0.4 is 0 Å². The molecule has 2 bridgehead atoms. The largest absolute Gasteiger partial charge is 0.299 e. The molecule has 1 heterocycles. The Morgan fingerprint density at radius 3 is 2.37 bits per heavy atom. The first-order valence-corrected chi connectivity index (χ1v) is 14.4. The second-order valence-electron chi connectivity index (χ2n) is 10.4. The Labute approximate surface area is 196 Å². The van der Waals surface area contributed by atoms with Crippen LogP contribution in [-0.2, 0) is 20.2 Å². The molecule has 1 aliphatic heterocycles. The van der Waals surface area contributed by atoms with Crippen molar-refractivity contribution in [3.05, 3.63) is 35.4 Å². The Kier molecular flexibility index (Phi) is 4.95. The topological polar surface area (TPSA) is 54.5 Å². The smallest absolute Gasteiger partial charge is 0.215 e. The van der Waals surface area contributed by atoms with Crippen molar-refractivity contribution in [1.29, 1.82) is 0 Å². The van der Waals surface area contributed by atoms with Crippen LogP contribution in [0, 0.1) is 16.7 Å². The summed E-state index contributed by atoms with van der Waals surface area (Å²) >= 11 is 7.78. The molecule has 3 aliphatic carbocycles. The third-order valence-corrected chi connectivity index (χ3v) is 14.3. The lowest BCUT2D eigenvalue weighted by Crippen LogP contribution is -2.51. The number of carbonyl (C=O) groups is 1. The number of carbonyl (C=O) groups excluding carboxylic acids is 1. The minimum atomic E-state index is -3.48. The Balaban J connectivity index is 1.38. The molecule has 7 heteroatoms. The highest BCUT2D eigenvalue weighted by molar-refractivity contribution is 9.12. The number of halogens is 2. The highest BCUT2D eigenvalue weighted by Gasteiger charge is 2.66. The van der Waals surface area contributed by atoms with Crippen LogP contribution in [-0.4, -0.2) is 42.2 Å². The number of piperidine rings is 1. The van der Waals surface area contributed by atoms with Crippen molar-refractivity contribution >= 4 is 47.7 Å². The van der Waals surface area contributed by atoms with Gasteiger partial charge in [0.25, 0.3) is 0 Å². The van der Waals surface area contributed by atoms with Crippen LogP contribution in [0.15, 0.2) is 24.3 Å². The highest BCUT2D eigenvalue weighted by Crippen LogP contribution is 2.64. The predicted octanol–water partition coefficient (Wildman–Crippen LogP) is 4.96. The molecule has 0 N–H and O–H groups in total. The molecule has 3 fully saturated rings. The second kappa shape index (κ2) is 6.88. The maximum atomic E-state index is 13.5. The normalized spacial score (nSPS) is 37.1. The molecule has 1 aromatic carbocycles. The van der Waals surface area contributed by atoms with E-state index in [4.69, 9.17) is 0 Å². The third-order valence-electron chi connectivity index (χ3n) is 9.16. The molecule has 5 rings (SSSR count). The van der Waals surface area contributed by atoms with Crippen LogP contribution in [0.4, 0.5) is 0 Å². The molecule has 2 saturated carbocycles. The summed E-state index contributed by atoms with van der Waals surface area (Å²) in [6.07, 6.45) is 3.86. The van der Waals surface area contributed by atoms with E-state index in [0.29, 0.717) is 25.4 Å². The standard InChI is InChI=1S/C23H29Br2NO3S/c1-21(2)15-7-8-23(21,18(27)13-15)14-30(28,29)26-11-9-22(10-12-26)17-6-4-3-5-16(17)19(24)20(22)25/h3-6,15,19-20H,7-14H2,1-2H3/t15-,19?,20?,23-/m1/s1. The van der Waals surface area contributed by atoms with Gasteiger partial charge in [0, 0.05) is 35.2 Å². The number of sulfonamides is 1. The molecule has 0 radical (unpaired) electrons. The van der Waals surface area contributed by atoms with Crippen molar-refractivity contribution in [1.82, 2.24) is 4.31 Å². The zero-order chi connectivity index (χ0) is 21.5. The van der Waals surface area contributed by atoms with Gasteiger partial charge in [0.1, 0.15) is 5.78 Å². The number of alkyl halides is 2. The fraction of sp³-hybridized carbons (Fsp3) is 0.696. The lowest BCUT2D eigenvalue weighted by molar-refractivity contribution is -0.128. The van der Waals surface area contributed by atoms with E-state index in [-0.39, 0.29) is 32.0 Å². The second-order valence-corrected chi connectivity index (χ2v) is 14.3. The van der Waals surface area contributed by atoms with Crippen LogP contribution >= 0.6 is 31.9 Å². The molecule has 0 amide bonds. The molecule has 1 saturated heterocycles. The number of Topliss-reactive ketones (excluding diaryl/α,β-unsaturated/α-hetero) is 1. The zero-order valence-corrected chi connectivity index (χ0v) is 21.5. The molecule has 1 spiro atoms. The van der Waals surface area contributed by atoms with E-state index < -0.39 is 15.4 Å². The molecule has 4 atom stereocenters. The average Bonchev–Trinajstić information content (AvgIpc) is 3.15. The monoisotopic (exact) mass is 557 g/mol. The molecular weight excluding hydrogens is 530 g/mol. The van der Waals surface area contributed by atoms with E-state index in [1.54, 1.807) is 4.31 Å². The van der Waals surface area contributed by atoms with Gasteiger partial charge < -0.3 is 0 Å². The van der Waals surface area contributed by atoms with Gasteiger partial charge >= 0.3 is 0 Å². The van der Waals surface area contributed by atoms with Gasteiger partial charge in [-0.15, -0.1) is 0 Å². The molecule has 30 heavy (non-hydrogen) atoms. The van der Waals surface area contributed by atoms with E-state index in [0.717, 1.165) is 25.7 Å². The van der Waals surface area contributed by atoms with Gasteiger partial charge in [-0.25, -0.2) is 12.7 Å². The van der Waals surface area contributed by atoms with Crippen molar-refractivity contribution in [3.63, 3.8) is 0 Å². The summed E-state index contributed by atoms with van der Waals surface area (Å²) in [4.78, 5) is 13.3. The van der Waals surface area contributed by atoms with Gasteiger partial charge in [0.05, 0.1) is 10.6 Å². The number of rotatable bonds is 3. The van der Waals surface area contributed by atoms with Crippen LogP contribution in [0.5, 0.6) is 0 Å². The Hall–Kier alpha value is -0.240. The molecule has 164 valence electrons. The van der Waals surface area contributed by atoms with E-state index in [2.05, 4.69) is 70.0 Å². The van der Waals surface area contributed by atoms with Gasteiger partial charge in [0.2, 0.25) is 10.0 Å². The zero-order valence-electron chi connectivity index (χ0n) is 17.5. The summed E-state index contributed by atoms with van der Waals surface area (Å²) in [5, 5.41) is 0. The molecule has 2 unspecified atom stereocenters. The lowest BCUT2D eigenvalue weighted by atomic mass is 9.70. The molecule has 1 aromatic rings. The van der Waals surface area contributed by atoms with E-state index in [1.165, 1.54) is 11.1 Å². The minimum Gasteiger partial charge on any atom is -0.299 e. The van der Waals surface area contributed by atoms with Crippen LogP contribution in [0.1, 0.15) is 61.9 Å². The Morgan fingerprint density at radius 1 is 1.10 bits per heavy atom. The number of nitrogens with zero attached hydrogens (tertiary/aromatic N) is 1.